The molecule has 0 saturated heterocycles. The number of nitrogens with one attached hydrogen (secondary N) is 1. The SMILES string of the molecule is OCC(CO)CC(O)(Cc1ncn[nH]1)c1ccc(F)cc1F. The molecule has 1 unspecified atom stereocenters. The number of aromatic amines is 1. The van der Waals surface area contributed by atoms with Crippen LogP contribution in [0.2, 0.25) is 0 Å². The Morgan fingerprint density at radius 2 is 1.95 bits per heavy atom. The Hall–Kier alpha value is -1.90. The average Bonchev–Trinajstić information content (AvgIpc) is 2.97. The molecule has 0 aliphatic rings. The quantitative estimate of drug-likeness (QED) is 0.596. The maximum absolute atomic E-state index is 14.1. The van der Waals surface area contributed by atoms with Crippen molar-refractivity contribution >= 4 is 0 Å². The molecule has 22 heavy (non-hydrogen) atoms. The van der Waals surface area contributed by atoms with Gasteiger partial charge in [0, 0.05) is 37.2 Å². The molecule has 2 rings (SSSR count). The zero-order valence-electron chi connectivity index (χ0n) is 11.7. The lowest BCUT2D eigenvalue weighted by molar-refractivity contribution is -0.0134. The Labute approximate surface area is 125 Å². The molecule has 0 aliphatic heterocycles. The van der Waals surface area contributed by atoms with E-state index in [1.165, 1.54) is 6.33 Å². The van der Waals surface area contributed by atoms with E-state index in [2.05, 4.69) is 15.2 Å². The van der Waals surface area contributed by atoms with Gasteiger partial charge in [-0.15, -0.1) is 0 Å². The van der Waals surface area contributed by atoms with Crippen LogP contribution in [0.4, 0.5) is 8.78 Å². The van der Waals surface area contributed by atoms with Gasteiger partial charge in [0.15, 0.2) is 0 Å². The number of aliphatic hydroxyl groups excluding tert-OH is 2. The molecule has 8 heteroatoms. The van der Waals surface area contributed by atoms with Gasteiger partial charge in [-0.25, -0.2) is 13.8 Å². The van der Waals surface area contributed by atoms with E-state index in [9.17, 15) is 24.1 Å². The minimum Gasteiger partial charge on any atom is -0.396 e. The largest absolute Gasteiger partial charge is 0.396 e. The fourth-order valence-electron chi connectivity index (χ4n) is 2.40. The number of halogens is 2. The van der Waals surface area contributed by atoms with Crippen LogP contribution in [0.1, 0.15) is 17.8 Å². The van der Waals surface area contributed by atoms with Crippen LogP contribution in [0.5, 0.6) is 0 Å². The summed E-state index contributed by atoms with van der Waals surface area (Å²) in [5.74, 6) is -2.01. The number of aliphatic hydroxyl groups is 3. The smallest absolute Gasteiger partial charge is 0.137 e. The second kappa shape index (κ2) is 6.91. The first kappa shape index (κ1) is 16.5. The first-order valence-corrected chi connectivity index (χ1v) is 6.72. The lowest BCUT2D eigenvalue weighted by Crippen LogP contribution is -2.35. The summed E-state index contributed by atoms with van der Waals surface area (Å²) in [6, 6.07) is 2.86. The number of hydrogen-bond acceptors (Lipinski definition) is 5. The standard InChI is InChI=1S/C14H17F2N3O3/c15-10-1-2-11(12(16)3-10)14(22,4-9(6-20)7-21)5-13-17-8-18-19-13/h1-3,8-9,20-22H,4-7H2,(H,17,18,19). The van der Waals surface area contributed by atoms with Crippen molar-refractivity contribution in [2.75, 3.05) is 13.2 Å². The summed E-state index contributed by atoms with van der Waals surface area (Å²) in [7, 11) is 0. The van der Waals surface area contributed by atoms with Crippen LogP contribution in [-0.4, -0.2) is 43.7 Å². The van der Waals surface area contributed by atoms with Crippen molar-refractivity contribution in [3.63, 3.8) is 0 Å². The molecule has 0 saturated carbocycles. The predicted octanol–water partition coefficient (Wildman–Crippen LogP) is 0.504. The minimum absolute atomic E-state index is 0.119. The number of rotatable bonds is 7. The highest BCUT2D eigenvalue weighted by atomic mass is 19.1. The molecule has 1 heterocycles. The molecule has 4 N–H and O–H groups in total. The summed E-state index contributed by atoms with van der Waals surface area (Å²) >= 11 is 0. The summed E-state index contributed by atoms with van der Waals surface area (Å²) in [6.45, 7) is -0.754. The van der Waals surface area contributed by atoms with Crippen LogP contribution >= 0.6 is 0 Å². The summed E-state index contributed by atoms with van der Waals surface area (Å²) in [4.78, 5) is 3.88. The second-order valence-corrected chi connectivity index (χ2v) is 5.20. The van der Waals surface area contributed by atoms with Gasteiger partial charge in [-0.05, 0) is 12.5 Å². The molecule has 1 aromatic heterocycles. The molecule has 1 aromatic carbocycles. The van der Waals surface area contributed by atoms with Crippen LogP contribution in [0.25, 0.3) is 0 Å². The van der Waals surface area contributed by atoms with Gasteiger partial charge in [-0.1, -0.05) is 6.07 Å². The second-order valence-electron chi connectivity index (χ2n) is 5.20. The number of aromatic nitrogens is 3. The number of H-pyrrole nitrogens is 1. The molecular weight excluding hydrogens is 296 g/mol. The van der Waals surface area contributed by atoms with Gasteiger partial charge in [0.25, 0.3) is 0 Å². The predicted molar refractivity (Wildman–Crippen MR) is 72.6 cm³/mol. The van der Waals surface area contributed by atoms with Gasteiger partial charge >= 0.3 is 0 Å². The van der Waals surface area contributed by atoms with E-state index in [-0.39, 0.29) is 31.6 Å². The molecule has 2 aromatic rings. The van der Waals surface area contributed by atoms with E-state index in [1.807, 2.05) is 0 Å². The van der Waals surface area contributed by atoms with Crippen LogP contribution in [-0.2, 0) is 12.0 Å². The fourth-order valence-corrected chi connectivity index (χ4v) is 2.40. The topological polar surface area (TPSA) is 102 Å². The Kier molecular flexibility index (Phi) is 5.17. The fraction of sp³-hybridized carbons (Fsp3) is 0.429. The maximum atomic E-state index is 14.1. The van der Waals surface area contributed by atoms with E-state index in [0.29, 0.717) is 11.9 Å². The van der Waals surface area contributed by atoms with Gasteiger partial charge in [-0.3, -0.25) is 5.10 Å². The maximum Gasteiger partial charge on any atom is 0.137 e. The average molecular weight is 313 g/mol. The monoisotopic (exact) mass is 313 g/mol. The number of nitrogens with zero attached hydrogens (tertiary/aromatic N) is 2. The van der Waals surface area contributed by atoms with Crippen molar-refractivity contribution in [3.05, 3.63) is 47.5 Å². The molecule has 6 nitrogen and oxygen atoms in total. The molecule has 0 spiro atoms. The Morgan fingerprint density at radius 1 is 1.23 bits per heavy atom. The summed E-state index contributed by atoms with van der Waals surface area (Å²) in [5.41, 5.74) is -1.90. The molecule has 0 aliphatic carbocycles. The van der Waals surface area contributed by atoms with E-state index >= 15 is 0 Å². The highest BCUT2D eigenvalue weighted by molar-refractivity contribution is 5.26. The molecule has 0 radical (unpaired) electrons. The molecule has 0 amide bonds. The van der Waals surface area contributed by atoms with Gasteiger partial charge in [-0.2, -0.15) is 5.10 Å². The van der Waals surface area contributed by atoms with Crippen LogP contribution in [0.15, 0.2) is 24.5 Å². The van der Waals surface area contributed by atoms with Crippen molar-refractivity contribution < 1.29 is 24.1 Å². The molecule has 120 valence electrons. The van der Waals surface area contributed by atoms with E-state index in [1.54, 1.807) is 0 Å². The Balaban J connectivity index is 2.39. The van der Waals surface area contributed by atoms with E-state index in [0.717, 1.165) is 12.1 Å². The lowest BCUT2D eigenvalue weighted by atomic mass is 9.82. The normalized spacial score (nSPS) is 14.3. The van der Waals surface area contributed by atoms with Crippen molar-refractivity contribution in [2.45, 2.75) is 18.4 Å². The third-order valence-corrected chi connectivity index (χ3v) is 3.50. The highest BCUT2D eigenvalue weighted by Gasteiger charge is 2.36. The van der Waals surface area contributed by atoms with Gasteiger partial charge < -0.3 is 15.3 Å². The zero-order chi connectivity index (χ0) is 16.2. The Bertz CT molecular complexity index is 605. The van der Waals surface area contributed by atoms with Gasteiger partial charge in [0.2, 0.25) is 0 Å². The molecule has 0 bridgehead atoms. The van der Waals surface area contributed by atoms with Crippen molar-refractivity contribution in [3.8, 4) is 0 Å². The lowest BCUT2D eigenvalue weighted by Gasteiger charge is -2.31. The van der Waals surface area contributed by atoms with Crippen molar-refractivity contribution in [1.29, 1.82) is 0 Å². The van der Waals surface area contributed by atoms with Crippen LogP contribution in [0.3, 0.4) is 0 Å². The van der Waals surface area contributed by atoms with Gasteiger partial charge in [0.05, 0.1) is 5.60 Å². The summed E-state index contributed by atoms with van der Waals surface area (Å²) in [5, 5.41) is 35.5. The Morgan fingerprint density at radius 3 is 2.50 bits per heavy atom. The van der Waals surface area contributed by atoms with Crippen LogP contribution < -0.4 is 0 Å². The number of hydrogen-bond donors (Lipinski definition) is 4. The van der Waals surface area contributed by atoms with Crippen molar-refractivity contribution in [1.82, 2.24) is 15.2 Å². The molecule has 0 fully saturated rings. The van der Waals surface area contributed by atoms with Crippen molar-refractivity contribution in [2.24, 2.45) is 5.92 Å². The number of benzene rings is 1. The zero-order valence-corrected chi connectivity index (χ0v) is 11.7. The highest BCUT2D eigenvalue weighted by Crippen LogP contribution is 2.33. The van der Waals surface area contributed by atoms with Crippen LogP contribution in [0, 0.1) is 17.6 Å². The summed E-state index contributed by atoms with van der Waals surface area (Å²) in [6.07, 6.45) is 1.00. The molecular formula is C14H17F2N3O3. The third kappa shape index (κ3) is 3.65. The minimum atomic E-state index is -1.77. The first-order chi connectivity index (χ1) is 10.5. The van der Waals surface area contributed by atoms with Gasteiger partial charge in [0.1, 0.15) is 23.8 Å². The third-order valence-electron chi connectivity index (χ3n) is 3.50. The summed E-state index contributed by atoms with van der Waals surface area (Å²) < 4.78 is 27.1. The van der Waals surface area contributed by atoms with E-state index < -0.39 is 23.2 Å². The first-order valence-electron chi connectivity index (χ1n) is 6.72. The van der Waals surface area contributed by atoms with E-state index in [4.69, 9.17) is 0 Å². The molecule has 1 atom stereocenters.